The molecule has 102 valence electrons. The standard InChI is InChI=1S/C16H14ClNO2/c1-10(19)11-5-6-12-14(8-11)18-7-3-2-4-13(18)16(12)15(20)9-17/h2-8,15,20H,9H2,1H3. The van der Waals surface area contributed by atoms with Gasteiger partial charge < -0.3 is 9.51 Å². The van der Waals surface area contributed by atoms with Gasteiger partial charge in [-0.15, -0.1) is 11.6 Å². The number of Topliss-reactive ketones (excluding diaryl/α,β-unsaturated/α-hetero) is 1. The number of pyridine rings is 1. The highest BCUT2D eigenvalue weighted by molar-refractivity contribution is 6.18. The third-order valence-electron chi connectivity index (χ3n) is 3.57. The summed E-state index contributed by atoms with van der Waals surface area (Å²) in [4.78, 5) is 11.5. The lowest BCUT2D eigenvalue weighted by atomic mass is 10.0. The Hall–Kier alpha value is -1.84. The van der Waals surface area contributed by atoms with Gasteiger partial charge in [0.1, 0.15) is 0 Å². The fraction of sp³-hybridized carbons (Fsp3) is 0.188. The van der Waals surface area contributed by atoms with Crippen LogP contribution in [-0.2, 0) is 0 Å². The van der Waals surface area contributed by atoms with E-state index in [4.69, 9.17) is 11.6 Å². The number of aliphatic hydroxyl groups excluding tert-OH is 1. The van der Waals surface area contributed by atoms with E-state index in [0.717, 1.165) is 22.0 Å². The van der Waals surface area contributed by atoms with Crippen LogP contribution >= 0.6 is 11.6 Å². The molecule has 1 N–H and O–H groups in total. The van der Waals surface area contributed by atoms with Crippen molar-refractivity contribution in [1.29, 1.82) is 0 Å². The van der Waals surface area contributed by atoms with Crippen molar-refractivity contribution in [1.82, 2.24) is 4.40 Å². The second-order valence-corrected chi connectivity index (χ2v) is 5.14. The van der Waals surface area contributed by atoms with E-state index < -0.39 is 6.10 Å². The van der Waals surface area contributed by atoms with Crippen LogP contribution in [0.3, 0.4) is 0 Å². The minimum atomic E-state index is -0.727. The number of alkyl halides is 1. The first-order valence-corrected chi connectivity index (χ1v) is 6.94. The van der Waals surface area contributed by atoms with Crippen molar-refractivity contribution in [3.63, 3.8) is 0 Å². The van der Waals surface area contributed by atoms with Crippen molar-refractivity contribution in [2.24, 2.45) is 0 Å². The summed E-state index contributed by atoms with van der Waals surface area (Å²) in [5, 5.41) is 11.1. The molecule has 1 unspecified atom stereocenters. The predicted octanol–water partition coefficient (Wildman–Crippen LogP) is 3.57. The number of carbonyl (C=O) groups is 1. The highest BCUT2D eigenvalue weighted by atomic mass is 35.5. The van der Waals surface area contributed by atoms with Crippen molar-refractivity contribution in [2.75, 3.05) is 5.88 Å². The number of aliphatic hydroxyl groups is 1. The zero-order valence-electron chi connectivity index (χ0n) is 11.0. The van der Waals surface area contributed by atoms with Crippen molar-refractivity contribution >= 4 is 33.8 Å². The molecule has 2 heterocycles. The van der Waals surface area contributed by atoms with Crippen LogP contribution in [0.2, 0.25) is 0 Å². The molecule has 0 aliphatic carbocycles. The largest absolute Gasteiger partial charge is 0.387 e. The number of halogens is 1. The van der Waals surface area contributed by atoms with Gasteiger partial charge in [-0.3, -0.25) is 4.79 Å². The molecule has 1 atom stereocenters. The van der Waals surface area contributed by atoms with Crippen molar-refractivity contribution in [2.45, 2.75) is 13.0 Å². The minimum absolute atomic E-state index is 0.0252. The van der Waals surface area contributed by atoms with Crippen molar-refractivity contribution in [3.8, 4) is 0 Å². The molecule has 3 rings (SSSR count). The van der Waals surface area contributed by atoms with E-state index in [1.165, 1.54) is 0 Å². The van der Waals surface area contributed by atoms with Gasteiger partial charge in [0.05, 0.1) is 23.0 Å². The molecule has 3 aromatic rings. The third kappa shape index (κ3) is 1.90. The van der Waals surface area contributed by atoms with E-state index in [1.807, 2.05) is 40.9 Å². The second-order valence-electron chi connectivity index (χ2n) is 4.83. The van der Waals surface area contributed by atoms with Crippen LogP contribution in [0.4, 0.5) is 0 Å². The molecular weight excluding hydrogens is 274 g/mol. The van der Waals surface area contributed by atoms with Gasteiger partial charge in [-0.1, -0.05) is 18.2 Å². The molecule has 0 fully saturated rings. The molecule has 0 saturated heterocycles. The summed E-state index contributed by atoms with van der Waals surface area (Å²) in [6, 6.07) is 11.3. The highest BCUT2D eigenvalue weighted by Gasteiger charge is 2.18. The van der Waals surface area contributed by atoms with Gasteiger partial charge in [0.15, 0.2) is 5.78 Å². The van der Waals surface area contributed by atoms with Crippen LogP contribution < -0.4 is 0 Å². The average molecular weight is 288 g/mol. The van der Waals surface area contributed by atoms with Crippen LogP contribution in [-0.4, -0.2) is 21.2 Å². The van der Waals surface area contributed by atoms with E-state index in [2.05, 4.69) is 0 Å². The number of carbonyl (C=O) groups excluding carboxylic acids is 1. The third-order valence-corrected chi connectivity index (χ3v) is 3.86. The number of benzene rings is 1. The summed E-state index contributed by atoms with van der Waals surface area (Å²) in [6.07, 6.45) is 1.20. The van der Waals surface area contributed by atoms with Crippen LogP contribution in [0.5, 0.6) is 0 Å². The summed E-state index contributed by atoms with van der Waals surface area (Å²) in [5.41, 5.74) is 3.29. The first-order chi connectivity index (χ1) is 9.63. The van der Waals surface area contributed by atoms with Crippen LogP contribution in [0, 0.1) is 0 Å². The Labute approximate surface area is 121 Å². The number of hydrogen-bond acceptors (Lipinski definition) is 2. The van der Waals surface area contributed by atoms with E-state index >= 15 is 0 Å². The maximum absolute atomic E-state index is 11.5. The topological polar surface area (TPSA) is 41.7 Å². The fourth-order valence-corrected chi connectivity index (χ4v) is 2.77. The zero-order chi connectivity index (χ0) is 14.3. The maximum atomic E-state index is 11.5. The van der Waals surface area contributed by atoms with Crippen LogP contribution in [0.25, 0.3) is 16.4 Å². The van der Waals surface area contributed by atoms with Gasteiger partial charge in [-0.25, -0.2) is 0 Å². The molecule has 0 aliphatic rings. The Kier molecular flexibility index (Phi) is 3.24. The summed E-state index contributed by atoms with van der Waals surface area (Å²) < 4.78 is 1.98. The normalized spacial score (nSPS) is 12.9. The summed E-state index contributed by atoms with van der Waals surface area (Å²) in [6.45, 7) is 1.55. The van der Waals surface area contributed by atoms with Crippen LogP contribution in [0.15, 0.2) is 42.6 Å². The average Bonchev–Trinajstić information content (AvgIpc) is 2.80. The smallest absolute Gasteiger partial charge is 0.159 e. The lowest BCUT2D eigenvalue weighted by Crippen LogP contribution is -1.98. The number of hydrogen-bond donors (Lipinski definition) is 1. The summed E-state index contributed by atoms with van der Waals surface area (Å²) in [5.74, 6) is 0.162. The quantitative estimate of drug-likeness (QED) is 0.591. The molecule has 0 bridgehead atoms. The zero-order valence-corrected chi connectivity index (χ0v) is 11.8. The second kappa shape index (κ2) is 4.93. The molecule has 20 heavy (non-hydrogen) atoms. The molecule has 1 aromatic carbocycles. The predicted molar refractivity (Wildman–Crippen MR) is 80.6 cm³/mol. The number of ketones is 1. The molecule has 3 nitrogen and oxygen atoms in total. The van der Waals surface area contributed by atoms with Gasteiger partial charge in [0.25, 0.3) is 0 Å². The maximum Gasteiger partial charge on any atom is 0.159 e. The number of rotatable bonds is 3. The summed E-state index contributed by atoms with van der Waals surface area (Å²) >= 11 is 5.81. The monoisotopic (exact) mass is 287 g/mol. The number of nitrogens with zero attached hydrogens (tertiary/aromatic N) is 1. The lowest BCUT2D eigenvalue weighted by molar-refractivity contribution is 0.101. The highest BCUT2D eigenvalue weighted by Crippen LogP contribution is 2.32. The van der Waals surface area contributed by atoms with Gasteiger partial charge in [-0.05, 0) is 25.1 Å². The Bertz CT molecular complexity index is 807. The molecule has 0 spiro atoms. The SMILES string of the molecule is CC(=O)c1ccc2c(C(O)CCl)c3ccccn3c2c1. The molecule has 0 aliphatic heterocycles. The molecule has 0 amide bonds. The van der Waals surface area contributed by atoms with Gasteiger partial charge in [0, 0.05) is 22.7 Å². The fourth-order valence-electron chi connectivity index (χ4n) is 2.62. The Morgan fingerprint density at radius 2 is 2.10 bits per heavy atom. The minimum Gasteiger partial charge on any atom is -0.387 e. The van der Waals surface area contributed by atoms with Crippen molar-refractivity contribution < 1.29 is 9.90 Å². The molecule has 4 heteroatoms. The number of fused-ring (bicyclic) bond motifs is 3. The molecule has 0 saturated carbocycles. The van der Waals surface area contributed by atoms with Gasteiger partial charge >= 0.3 is 0 Å². The first-order valence-electron chi connectivity index (χ1n) is 6.41. The van der Waals surface area contributed by atoms with Crippen molar-refractivity contribution in [3.05, 3.63) is 53.7 Å². The number of aromatic nitrogens is 1. The molecular formula is C16H14ClNO2. The van der Waals surface area contributed by atoms with E-state index in [0.29, 0.717) is 5.56 Å². The van der Waals surface area contributed by atoms with E-state index in [9.17, 15) is 9.90 Å². The Morgan fingerprint density at radius 3 is 2.80 bits per heavy atom. The first kappa shape index (κ1) is 13.2. The van der Waals surface area contributed by atoms with Gasteiger partial charge in [-0.2, -0.15) is 0 Å². The molecule has 0 radical (unpaired) electrons. The van der Waals surface area contributed by atoms with Gasteiger partial charge in [0.2, 0.25) is 0 Å². The molecule has 2 aromatic heterocycles. The lowest BCUT2D eigenvalue weighted by Gasteiger charge is -2.06. The van der Waals surface area contributed by atoms with E-state index in [1.54, 1.807) is 13.0 Å². The Balaban J connectivity index is 2.44. The van der Waals surface area contributed by atoms with Crippen LogP contribution in [0.1, 0.15) is 28.9 Å². The Morgan fingerprint density at radius 1 is 1.30 bits per heavy atom. The summed E-state index contributed by atoms with van der Waals surface area (Å²) in [7, 11) is 0. The van der Waals surface area contributed by atoms with E-state index in [-0.39, 0.29) is 11.7 Å².